The summed E-state index contributed by atoms with van der Waals surface area (Å²) in [5.74, 6) is 0.427. The van der Waals surface area contributed by atoms with Gasteiger partial charge >= 0.3 is 6.09 Å². The fraction of sp³-hybridized carbons (Fsp3) is 0.435. The number of nitrogens with one attached hydrogen (secondary N) is 1. The van der Waals surface area contributed by atoms with Crippen molar-refractivity contribution in [2.75, 3.05) is 31.1 Å². The number of nitrogens with two attached hydrogens (primary N) is 1. The molecule has 0 spiro atoms. The zero-order valence-corrected chi connectivity index (χ0v) is 20.8. The molecule has 2 aromatic rings. The number of piperidine rings is 1. The van der Waals surface area contributed by atoms with Crippen molar-refractivity contribution in [2.45, 2.75) is 32.2 Å². The van der Waals surface area contributed by atoms with Crippen molar-refractivity contribution in [3.63, 3.8) is 0 Å². The maximum Gasteiger partial charge on any atom is 0.413 e. The molecule has 8 nitrogen and oxygen atoms in total. The minimum absolute atomic E-state index is 0.0183. The van der Waals surface area contributed by atoms with Crippen molar-refractivity contribution < 1.29 is 19.1 Å². The van der Waals surface area contributed by atoms with Gasteiger partial charge in [-0.05, 0) is 84.1 Å². The molecular weight excluding hydrogens is 508 g/mol. The van der Waals surface area contributed by atoms with Crippen molar-refractivity contribution in [1.29, 1.82) is 0 Å². The van der Waals surface area contributed by atoms with Crippen molar-refractivity contribution in [2.24, 2.45) is 11.7 Å². The standard InChI is InChI=1S/C23H27BrN4O4S/c1-14-10-17(2-3-18(14)22(30)27-8-6-15(12-25)7-9-27)28-13-16(11-20(28)29)26-23(31)32-21-5-4-19(24)33-21/h2-5,10,15-16H,6-9,11-13,25H2,1H3,(H,26,31). The molecule has 1 aromatic heterocycles. The maximum atomic E-state index is 13.0. The first kappa shape index (κ1) is 23.7. The lowest BCUT2D eigenvalue weighted by molar-refractivity contribution is -0.117. The van der Waals surface area contributed by atoms with Gasteiger partial charge in [-0.25, -0.2) is 4.79 Å². The Balaban J connectivity index is 1.37. The quantitative estimate of drug-likeness (QED) is 0.610. The van der Waals surface area contributed by atoms with Crippen LogP contribution in [0.25, 0.3) is 0 Å². The minimum atomic E-state index is -0.584. The third-order valence-corrected chi connectivity index (χ3v) is 7.68. The zero-order valence-electron chi connectivity index (χ0n) is 18.4. The summed E-state index contributed by atoms with van der Waals surface area (Å²) >= 11 is 4.63. The van der Waals surface area contributed by atoms with E-state index < -0.39 is 6.09 Å². The van der Waals surface area contributed by atoms with Gasteiger partial charge in [-0.3, -0.25) is 9.59 Å². The van der Waals surface area contributed by atoms with E-state index in [1.807, 2.05) is 17.9 Å². The second kappa shape index (κ2) is 10.2. The Morgan fingerprint density at radius 1 is 1.24 bits per heavy atom. The second-order valence-electron chi connectivity index (χ2n) is 8.47. The molecule has 4 rings (SSSR count). The number of ether oxygens (including phenoxy) is 1. The Hall–Kier alpha value is -2.43. The first-order valence-electron chi connectivity index (χ1n) is 11.0. The molecule has 2 saturated heterocycles. The summed E-state index contributed by atoms with van der Waals surface area (Å²) in [5.41, 5.74) is 7.95. The maximum absolute atomic E-state index is 13.0. The van der Waals surface area contributed by atoms with Crippen molar-refractivity contribution in [3.8, 4) is 5.06 Å². The largest absolute Gasteiger partial charge is 0.413 e. The number of hydrogen-bond acceptors (Lipinski definition) is 6. The molecule has 2 fully saturated rings. The molecule has 1 unspecified atom stereocenters. The molecule has 0 bridgehead atoms. The van der Waals surface area contributed by atoms with Gasteiger partial charge in [0.1, 0.15) is 0 Å². The topological polar surface area (TPSA) is 105 Å². The van der Waals surface area contributed by atoms with E-state index >= 15 is 0 Å². The number of hydrogen-bond donors (Lipinski definition) is 2. The summed E-state index contributed by atoms with van der Waals surface area (Å²) in [4.78, 5) is 41.3. The normalized spacial score (nSPS) is 19.1. The van der Waals surface area contributed by atoms with Gasteiger partial charge in [0.15, 0.2) is 5.06 Å². The molecule has 3 amide bonds. The Morgan fingerprint density at radius 3 is 2.64 bits per heavy atom. The van der Waals surface area contributed by atoms with E-state index in [-0.39, 0.29) is 24.3 Å². The van der Waals surface area contributed by atoms with Crippen LogP contribution in [0.5, 0.6) is 5.06 Å². The Morgan fingerprint density at radius 2 is 2.00 bits per heavy atom. The highest BCUT2D eigenvalue weighted by Gasteiger charge is 2.33. The number of benzene rings is 1. The number of halogens is 1. The summed E-state index contributed by atoms with van der Waals surface area (Å²) in [6.07, 6.45) is 1.48. The lowest BCUT2D eigenvalue weighted by Crippen LogP contribution is -2.40. The molecule has 3 N–H and O–H groups in total. The highest BCUT2D eigenvalue weighted by atomic mass is 79.9. The van der Waals surface area contributed by atoms with Crippen LogP contribution in [-0.4, -0.2) is 55.0 Å². The second-order valence-corrected chi connectivity index (χ2v) is 10.9. The average molecular weight is 535 g/mol. The van der Waals surface area contributed by atoms with Crippen LogP contribution in [0.15, 0.2) is 34.1 Å². The van der Waals surface area contributed by atoms with Gasteiger partial charge in [-0.15, -0.1) is 0 Å². The molecule has 0 aliphatic carbocycles. The van der Waals surface area contributed by atoms with Crippen LogP contribution in [0, 0.1) is 12.8 Å². The van der Waals surface area contributed by atoms with E-state index in [0.717, 1.165) is 41.0 Å². The van der Waals surface area contributed by atoms with Crippen LogP contribution >= 0.6 is 27.3 Å². The fourth-order valence-corrected chi connectivity index (χ4v) is 5.48. The summed E-state index contributed by atoms with van der Waals surface area (Å²) in [7, 11) is 0. The Labute approximate surface area is 205 Å². The predicted molar refractivity (Wildman–Crippen MR) is 131 cm³/mol. The molecule has 1 aromatic carbocycles. The van der Waals surface area contributed by atoms with E-state index in [4.69, 9.17) is 10.5 Å². The summed E-state index contributed by atoms with van der Waals surface area (Å²) in [6.45, 7) is 4.34. The SMILES string of the molecule is Cc1cc(N2CC(NC(=O)Oc3ccc(Br)s3)CC2=O)ccc1C(=O)N1CCC(CN)CC1. The number of carbonyl (C=O) groups excluding carboxylic acids is 3. The summed E-state index contributed by atoms with van der Waals surface area (Å²) < 4.78 is 6.13. The lowest BCUT2D eigenvalue weighted by Gasteiger charge is -2.32. The van der Waals surface area contributed by atoms with Gasteiger partial charge < -0.3 is 25.6 Å². The number of rotatable bonds is 5. The van der Waals surface area contributed by atoms with Crippen LogP contribution in [0.2, 0.25) is 0 Å². The monoisotopic (exact) mass is 534 g/mol. The smallest absolute Gasteiger partial charge is 0.399 e. The summed E-state index contributed by atoms with van der Waals surface area (Å²) in [6, 6.07) is 8.60. The highest BCUT2D eigenvalue weighted by Crippen LogP contribution is 2.29. The number of likely N-dealkylation sites (tertiary alicyclic amines) is 1. The number of aryl methyl sites for hydroxylation is 1. The van der Waals surface area contributed by atoms with Gasteiger partial charge in [-0.1, -0.05) is 11.3 Å². The Kier molecular flexibility index (Phi) is 7.35. The van der Waals surface area contributed by atoms with Crippen LogP contribution in [-0.2, 0) is 4.79 Å². The van der Waals surface area contributed by atoms with Gasteiger partial charge in [0.2, 0.25) is 5.91 Å². The van der Waals surface area contributed by atoms with Crippen LogP contribution in [0.4, 0.5) is 10.5 Å². The van der Waals surface area contributed by atoms with Gasteiger partial charge in [-0.2, -0.15) is 0 Å². The Bertz CT molecular complexity index is 1050. The van der Waals surface area contributed by atoms with E-state index in [9.17, 15) is 14.4 Å². The van der Waals surface area contributed by atoms with Crippen LogP contribution < -0.4 is 20.7 Å². The predicted octanol–water partition coefficient (Wildman–Crippen LogP) is 3.52. The van der Waals surface area contributed by atoms with Gasteiger partial charge in [0.25, 0.3) is 5.91 Å². The first-order chi connectivity index (χ1) is 15.8. The van der Waals surface area contributed by atoms with Crippen LogP contribution in [0.3, 0.4) is 0 Å². The molecular formula is C23H27BrN4O4S. The highest BCUT2D eigenvalue weighted by molar-refractivity contribution is 9.11. The van der Waals surface area contributed by atoms with E-state index in [1.165, 1.54) is 11.3 Å². The van der Waals surface area contributed by atoms with Gasteiger partial charge in [0.05, 0.1) is 9.83 Å². The molecule has 0 radical (unpaired) electrons. The average Bonchev–Trinajstić information content (AvgIpc) is 3.37. The van der Waals surface area contributed by atoms with E-state index in [0.29, 0.717) is 29.6 Å². The van der Waals surface area contributed by atoms with Gasteiger partial charge in [0, 0.05) is 37.3 Å². The number of amides is 3. The molecule has 176 valence electrons. The number of nitrogens with zero attached hydrogens (tertiary/aromatic N) is 2. The molecule has 33 heavy (non-hydrogen) atoms. The molecule has 10 heteroatoms. The molecule has 2 aliphatic heterocycles. The number of thiophene rings is 1. The minimum Gasteiger partial charge on any atom is -0.399 e. The van der Waals surface area contributed by atoms with Crippen LogP contribution in [0.1, 0.15) is 35.2 Å². The molecule has 0 saturated carbocycles. The molecule has 3 heterocycles. The fourth-order valence-electron chi connectivity index (χ4n) is 4.29. The van der Waals surface area contributed by atoms with Crippen molar-refractivity contribution in [3.05, 3.63) is 45.2 Å². The third-order valence-electron chi connectivity index (χ3n) is 6.18. The summed E-state index contributed by atoms with van der Waals surface area (Å²) in [5, 5.41) is 3.24. The molecule has 1 atom stereocenters. The van der Waals surface area contributed by atoms with Crippen molar-refractivity contribution >= 4 is 50.9 Å². The first-order valence-corrected chi connectivity index (χ1v) is 12.6. The van der Waals surface area contributed by atoms with E-state index in [2.05, 4.69) is 21.2 Å². The van der Waals surface area contributed by atoms with Crippen molar-refractivity contribution in [1.82, 2.24) is 10.2 Å². The molecule has 2 aliphatic rings. The number of carbonyl (C=O) groups is 3. The zero-order chi connectivity index (χ0) is 23.5. The third kappa shape index (κ3) is 5.56. The van der Waals surface area contributed by atoms with E-state index in [1.54, 1.807) is 29.2 Å². The lowest BCUT2D eigenvalue weighted by atomic mass is 9.96. The number of anilines is 1.